The number of fused-ring (bicyclic) bond motifs is 1. The third-order valence-corrected chi connectivity index (χ3v) is 4.79. The van der Waals surface area contributed by atoms with Crippen LogP contribution in [0.4, 0.5) is 10.2 Å². The fraction of sp³-hybridized carbons (Fsp3) is 0.300. The number of nitrogens with zero attached hydrogens (tertiary/aromatic N) is 3. The first-order valence-electron chi connectivity index (χ1n) is 8.87. The second-order valence-corrected chi connectivity index (χ2v) is 6.80. The van der Waals surface area contributed by atoms with Crippen molar-refractivity contribution in [3.05, 3.63) is 55.1 Å². The molecule has 0 bridgehead atoms. The summed E-state index contributed by atoms with van der Waals surface area (Å²) >= 11 is 0. The standard InChI is InChI=1S/C20H22FN5/c1-14(13-26-6-4-19(21)5-7-26)25-20-9-17-8-15(18-11-23-24-12-18)2-3-16(17)10-22-20/h2-3,8-12,19H,1,4-7,13H2,(H,22,25)(H,23,24). The van der Waals surface area contributed by atoms with Crippen LogP contribution in [0.1, 0.15) is 12.8 Å². The zero-order valence-electron chi connectivity index (χ0n) is 14.6. The molecule has 0 spiro atoms. The summed E-state index contributed by atoms with van der Waals surface area (Å²) in [5, 5.41) is 12.3. The molecule has 1 saturated heterocycles. The summed E-state index contributed by atoms with van der Waals surface area (Å²) in [6.07, 6.45) is 6.11. The minimum absolute atomic E-state index is 0.609. The smallest absolute Gasteiger partial charge is 0.130 e. The van der Waals surface area contributed by atoms with E-state index < -0.39 is 6.17 Å². The fourth-order valence-corrected chi connectivity index (χ4v) is 3.35. The maximum absolute atomic E-state index is 13.2. The molecule has 0 saturated carbocycles. The SMILES string of the molecule is C=C(CN1CCC(F)CC1)Nc1cc2cc(-c3cn[nH]c3)ccc2cn1. The molecule has 1 fully saturated rings. The van der Waals surface area contributed by atoms with Crippen LogP contribution in [0.25, 0.3) is 21.9 Å². The Kier molecular flexibility index (Phi) is 4.67. The lowest BCUT2D eigenvalue weighted by atomic mass is 10.1. The maximum atomic E-state index is 13.2. The first-order chi connectivity index (χ1) is 12.7. The molecule has 1 aliphatic heterocycles. The number of piperidine rings is 1. The van der Waals surface area contributed by atoms with E-state index in [1.165, 1.54) is 0 Å². The highest BCUT2D eigenvalue weighted by atomic mass is 19.1. The molecule has 5 nitrogen and oxygen atoms in total. The van der Waals surface area contributed by atoms with Gasteiger partial charge in [0.2, 0.25) is 0 Å². The number of benzene rings is 1. The second kappa shape index (κ2) is 7.25. The van der Waals surface area contributed by atoms with Gasteiger partial charge in [-0.2, -0.15) is 5.10 Å². The summed E-state index contributed by atoms with van der Waals surface area (Å²) < 4.78 is 13.2. The van der Waals surface area contributed by atoms with E-state index in [1.807, 2.05) is 24.7 Å². The van der Waals surface area contributed by atoms with E-state index in [4.69, 9.17) is 0 Å². The number of H-pyrrole nitrogens is 1. The van der Waals surface area contributed by atoms with Crippen molar-refractivity contribution in [1.29, 1.82) is 0 Å². The lowest BCUT2D eigenvalue weighted by molar-refractivity contribution is 0.160. The van der Waals surface area contributed by atoms with Gasteiger partial charge in [0.15, 0.2) is 0 Å². The molecule has 4 rings (SSSR count). The normalized spacial score (nSPS) is 16.0. The topological polar surface area (TPSA) is 56.8 Å². The number of hydrogen-bond donors (Lipinski definition) is 2. The van der Waals surface area contributed by atoms with E-state index in [1.54, 1.807) is 0 Å². The van der Waals surface area contributed by atoms with E-state index >= 15 is 0 Å². The number of aromatic nitrogens is 3. The summed E-state index contributed by atoms with van der Waals surface area (Å²) in [5.41, 5.74) is 3.04. The quantitative estimate of drug-likeness (QED) is 0.730. The van der Waals surface area contributed by atoms with Crippen molar-refractivity contribution in [3.63, 3.8) is 0 Å². The molecule has 2 aromatic heterocycles. The zero-order chi connectivity index (χ0) is 17.9. The van der Waals surface area contributed by atoms with Gasteiger partial charge in [-0.15, -0.1) is 0 Å². The van der Waals surface area contributed by atoms with Crippen LogP contribution in [0.3, 0.4) is 0 Å². The number of alkyl halides is 1. The Labute approximate surface area is 151 Å². The third-order valence-electron chi connectivity index (χ3n) is 4.79. The molecular formula is C20H22FN5. The molecule has 0 unspecified atom stereocenters. The summed E-state index contributed by atoms with van der Waals surface area (Å²) in [4.78, 5) is 6.70. The average molecular weight is 351 g/mol. The van der Waals surface area contributed by atoms with Gasteiger partial charge in [0, 0.05) is 48.7 Å². The number of hydrogen-bond acceptors (Lipinski definition) is 4. The van der Waals surface area contributed by atoms with Crippen molar-refractivity contribution < 1.29 is 4.39 Å². The number of anilines is 1. The molecular weight excluding hydrogens is 329 g/mol. The summed E-state index contributed by atoms with van der Waals surface area (Å²) in [7, 11) is 0. The lowest BCUT2D eigenvalue weighted by Gasteiger charge is -2.29. The number of halogens is 1. The van der Waals surface area contributed by atoms with E-state index in [0.29, 0.717) is 19.4 Å². The molecule has 0 aliphatic carbocycles. The van der Waals surface area contributed by atoms with E-state index in [2.05, 4.69) is 50.2 Å². The molecule has 0 amide bonds. The third kappa shape index (κ3) is 3.75. The van der Waals surface area contributed by atoms with Gasteiger partial charge in [-0.25, -0.2) is 9.37 Å². The summed E-state index contributed by atoms with van der Waals surface area (Å²) in [6.45, 7) is 6.37. The largest absolute Gasteiger partial charge is 0.343 e. The highest BCUT2D eigenvalue weighted by Gasteiger charge is 2.18. The van der Waals surface area contributed by atoms with E-state index in [9.17, 15) is 4.39 Å². The Morgan fingerprint density at radius 1 is 1.19 bits per heavy atom. The van der Waals surface area contributed by atoms with Crippen LogP contribution in [0, 0.1) is 0 Å². The van der Waals surface area contributed by atoms with Crippen molar-refractivity contribution >= 4 is 16.6 Å². The molecule has 1 aliphatic rings. The maximum Gasteiger partial charge on any atom is 0.130 e. The van der Waals surface area contributed by atoms with Gasteiger partial charge in [0.25, 0.3) is 0 Å². The Hall–Kier alpha value is -2.73. The van der Waals surface area contributed by atoms with Gasteiger partial charge >= 0.3 is 0 Å². The number of rotatable bonds is 5. The van der Waals surface area contributed by atoms with Crippen LogP contribution in [-0.4, -0.2) is 45.9 Å². The Balaban J connectivity index is 1.47. The van der Waals surface area contributed by atoms with Gasteiger partial charge in [-0.05, 0) is 35.9 Å². The molecule has 1 aromatic carbocycles. The van der Waals surface area contributed by atoms with Crippen molar-refractivity contribution in [2.45, 2.75) is 19.0 Å². The van der Waals surface area contributed by atoms with Gasteiger partial charge in [-0.1, -0.05) is 18.7 Å². The lowest BCUT2D eigenvalue weighted by Crippen LogP contribution is -2.36. The second-order valence-electron chi connectivity index (χ2n) is 6.80. The van der Waals surface area contributed by atoms with Crippen molar-refractivity contribution in [2.24, 2.45) is 0 Å². The number of nitrogens with one attached hydrogen (secondary N) is 2. The van der Waals surface area contributed by atoms with Gasteiger partial charge in [0.05, 0.1) is 6.20 Å². The van der Waals surface area contributed by atoms with Crippen molar-refractivity contribution in [3.8, 4) is 11.1 Å². The molecule has 26 heavy (non-hydrogen) atoms. The van der Waals surface area contributed by atoms with Crippen LogP contribution >= 0.6 is 0 Å². The van der Waals surface area contributed by atoms with Crippen LogP contribution in [0.15, 0.2) is 55.1 Å². The van der Waals surface area contributed by atoms with Crippen molar-refractivity contribution in [2.75, 3.05) is 25.0 Å². The molecule has 0 atom stereocenters. The predicted molar refractivity (Wildman–Crippen MR) is 103 cm³/mol. The van der Waals surface area contributed by atoms with E-state index in [0.717, 1.165) is 46.5 Å². The number of pyridine rings is 1. The molecule has 3 aromatic rings. The minimum atomic E-state index is -0.654. The minimum Gasteiger partial charge on any atom is -0.343 e. The molecule has 6 heteroatoms. The first kappa shape index (κ1) is 16.7. The average Bonchev–Trinajstić information content (AvgIpc) is 3.18. The Morgan fingerprint density at radius 3 is 2.81 bits per heavy atom. The molecule has 0 radical (unpaired) electrons. The Morgan fingerprint density at radius 2 is 2.04 bits per heavy atom. The van der Waals surface area contributed by atoms with Gasteiger partial charge in [0.1, 0.15) is 12.0 Å². The predicted octanol–water partition coefficient (Wildman–Crippen LogP) is 3.98. The van der Waals surface area contributed by atoms with Gasteiger partial charge < -0.3 is 5.32 Å². The van der Waals surface area contributed by atoms with Gasteiger partial charge in [-0.3, -0.25) is 10.00 Å². The molecule has 3 heterocycles. The molecule has 2 N–H and O–H groups in total. The van der Waals surface area contributed by atoms with Crippen LogP contribution in [0.5, 0.6) is 0 Å². The number of likely N-dealkylation sites (tertiary alicyclic amines) is 1. The molecule has 134 valence electrons. The highest BCUT2D eigenvalue weighted by Crippen LogP contribution is 2.25. The zero-order valence-corrected chi connectivity index (χ0v) is 14.6. The van der Waals surface area contributed by atoms with E-state index in [-0.39, 0.29) is 0 Å². The van der Waals surface area contributed by atoms with Crippen LogP contribution in [0.2, 0.25) is 0 Å². The summed E-state index contributed by atoms with van der Waals surface area (Å²) in [5.74, 6) is 0.771. The number of aromatic amines is 1. The summed E-state index contributed by atoms with van der Waals surface area (Å²) in [6, 6.07) is 8.28. The fourth-order valence-electron chi connectivity index (χ4n) is 3.35. The van der Waals surface area contributed by atoms with Crippen LogP contribution in [-0.2, 0) is 0 Å². The van der Waals surface area contributed by atoms with Crippen LogP contribution < -0.4 is 5.32 Å². The van der Waals surface area contributed by atoms with Crippen molar-refractivity contribution in [1.82, 2.24) is 20.1 Å². The Bertz CT molecular complexity index is 898. The monoisotopic (exact) mass is 351 g/mol. The highest BCUT2D eigenvalue weighted by molar-refractivity contribution is 5.88. The first-order valence-corrected chi connectivity index (χ1v) is 8.87.